The lowest BCUT2D eigenvalue weighted by atomic mass is 9.96. The van der Waals surface area contributed by atoms with Gasteiger partial charge in [-0.15, -0.1) is 11.8 Å². The number of nitrogens with zero attached hydrogens (tertiary/aromatic N) is 1. The molecule has 0 bridgehead atoms. The zero-order valence-electron chi connectivity index (χ0n) is 17.9. The molecule has 0 radical (unpaired) electrons. The maximum absolute atomic E-state index is 13.0. The molecule has 1 saturated heterocycles. The molecule has 5 nitrogen and oxygen atoms in total. The van der Waals surface area contributed by atoms with E-state index in [1.807, 2.05) is 73.0 Å². The average Bonchev–Trinajstić information content (AvgIpc) is 2.85. The van der Waals surface area contributed by atoms with Gasteiger partial charge >= 0.3 is 0 Å². The Bertz CT molecular complexity index is 1170. The van der Waals surface area contributed by atoms with E-state index in [1.165, 1.54) is 4.31 Å². The van der Waals surface area contributed by atoms with E-state index in [0.29, 0.717) is 30.8 Å². The summed E-state index contributed by atoms with van der Waals surface area (Å²) >= 11 is 1.57. The molecule has 1 N–H and O–H groups in total. The quantitative estimate of drug-likeness (QED) is 0.513. The van der Waals surface area contributed by atoms with Gasteiger partial charge in [0.1, 0.15) is 0 Å². The highest BCUT2D eigenvalue weighted by atomic mass is 32.2. The monoisotopic (exact) mass is 466 g/mol. The maximum atomic E-state index is 13.0. The minimum atomic E-state index is -3.55. The van der Waals surface area contributed by atoms with Crippen LogP contribution in [0.25, 0.3) is 11.1 Å². The zero-order valence-corrected chi connectivity index (χ0v) is 19.5. The van der Waals surface area contributed by atoms with Gasteiger partial charge in [-0.25, -0.2) is 8.42 Å². The summed E-state index contributed by atoms with van der Waals surface area (Å²) in [5.74, 6) is -0.279. The fourth-order valence-corrected chi connectivity index (χ4v) is 5.83. The molecular weight excluding hydrogens is 440 g/mol. The molecule has 0 spiro atoms. The number of benzene rings is 3. The van der Waals surface area contributed by atoms with Crippen molar-refractivity contribution >= 4 is 33.4 Å². The molecule has 7 heteroatoms. The van der Waals surface area contributed by atoms with Gasteiger partial charge < -0.3 is 5.32 Å². The van der Waals surface area contributed by atoms with Crippen molar-refractivity contribution in [2.24, 2.45) is 5.92 Å². The molecule has 0 aliphatic carbocycles. The largest absolute Gasteiger partial charge is 0.325 e. The maximum Gasteiger partial charge on any atom is 0.243 e. The first kappa shape index (κ1) is 22.6. The van der Waals surface area contributed by atoms with Gasteiger partial charge in [0.25, 0.3) is 0 Å². The van der Waals surface area contributed by atoms with E-state index in [0.717, 1.165) is 21.7 Å². The van der Waals surface area contributed by atoms with Crippen LogP contribution in [0.4, 0.5) is 5.69 Å². The number of hydrogen-bond donors (Lipinski definition) is 1. The lowest BCUT2D eigenvalue weighted by Gasteiger charge is -2.30. The minimum absolute atomic E-state index is 0.0604. The van der Waals surface area contributed by atoms with Crippen molar-refractivity contribution in [1.82, 2.24) is 4.31 Å². The third-order valence-electron chi connectivity index (χ3n) is 5.79. The van der Waals surface area contributed by atoms with Crippen LogP contribution in [-0.2, 0) is 14.8 Å². The van der Waals surface area contributed by atoms with Crippen LogP contribution in [0.3, 0.4) is 0 Å². The summed E-state index contributed by atoms with van der Waals surface area (Å²) in [6.07, 6.45) is 2.96. The Hall–Kier alpha value is -2.61. The number of rotatable bonds is 6. The number of carbonyl (C=O) groups excluding carboxylic acids is 1. The number of anilines is 1. The Morgan fingerprint density at radius 1 is 0.906 bits per heavy atom. The minimum Gasteiger partial charge on any atom is -0.325 e. The standard InChI is InChI=1S/C25H26N2O3S2/c1-31-21-11-13-22(14-12-21)32(29,30)27-17-15-20(16-18-27)25(28)26-24-10-6-5-9-23(24)19-7-3-2-4-8-19/h2-14,20H,15-18H2,1H3,(H,26,28). The number of carbonyl (C=O) groups is 1. The molecule has 1 fully saturated rings. The van der Waals surface area contributed by atoms with Crippen LogP contribution in [0.5, 0.6) is 0 Å². The Labute approximate surface area is 193 Å². The molecule has 166 valence electrons. The summed E-state index contributed by atoms with van der Waals surface area (Å²) in [4.78, 5) is 14.3. The van der Waals surface area contributed by atoms with E-state index in [4.69, 9.17) is 0 Å². The number of amides is 1. The second-order valence-corrected chi connectivity index (χ2v) is 10.6. The first-order valence-electron chi connectivity index (χ1n) is 10.6. The fourth-order valence-electron chi connectivity index (χ4n) is 3.95. The Morgan fingerprint density at radius 3 is 2.19 bits per heavy atom. The number of nitrogens with one attached hydrogen (secondary N) is 1. The summed E-state index contributed by atoms with van der Waals surface area (Å²) in [6, 6.07) is 24.6. The number of piperidine rings is 1. The van der Waals surface area contributed by atoms with Gasteiger partial charge in [0, 0.05) is 35.2 Å². The van der Waals surface area contributed by atoms with Crippen LogP contribution in [-0.4, -0.2) is 38.0 Å². The van der Waals surface area contributed by atoms with Crippen molar-refractivity contribution in [3.05, 3.63) is 78.9 Å². The molecule has 0 unspecified atom stereocenters. The number of para-hydroxylation sites is 1. The van der Waals surface area contributed by atoms with Crippen molar-refractivity contribution in [2.75, 3.05) is 24.7 Å². The average molecular weight is 467 g/mol. The molecule has 3 aromatic carbocycles. The van der Waals surface area contributed by atoms with E-state index in [2.05, 4.69) is 5.32 Å². The lowest BCUT2D eigenvalue weighted by Crippen LogP contribution is -2.41. The first-order chi connectivity index (χ1) is 15.5. The molecular formula is C25H26N2O3S2. The highest BCUT2D eigenvalue weighted by molar-refractivity contribution is 7.98. The van der Waals surface area contributed by atoms with Crippen LogP contribution in [0.15, 0.2) is 88.7 Å². The third-order valence-corrected chi connectivity index (χ3v) is 8.45. The van der Waals surface area contributed by atoms with Crippen molar-refractivity contribution in [3.63, 3.8) is 0 Å². The van der Waals surface area contributed by atoms with Crippen molar-refractivity contribution in [2.45, 2.75) is 22.6 Å². The van der Waals surface area contributed by atoms with Gasteiger partial charge in [-0.2, -0.15) is 4.31 Å². The lowest BCUT2D eigenvalue weighted by molar-refractivity contribution is -0.120. The van der Waals surface area contributed by atoms with Crippen LogP contribution in [0, 0.1) is 5.92 Å². The summed E-state index contributed by atoms with van der Waals surface area (Å²) in [7, 11) is -3.55. The summed E-state index contributed by atoms with van der Waals surface area (Å²) in [6.45, 7) is 0.677. The Kier molecular flexibility index (Phi) is 6.98. The number of hydrogen-bond acceptors (Lipinski definition) is 4. The van der Waals surface area contributed by atoms with E-state index >= 15 is 0 Å². The number of sulfonamides is 1. The predicted octanol–water partition coefficient (Wildman–Crippen LogP) is 5.11. The van der Waals surface area contributed by atoms with Gasteiger partial charge in [-0.1, -0.05) is 48.5 Å². The van der Waals surface area contributed by atoms with Crippen LogP contribution in [0.1, 0.15) is 12.8 Å². The molecule has 1 aliphatic heterocycles. The van der Waals surface area contributed by atoms with Crippen molar-refractivity contribution in [1.29, 1.82) is 0 Å². The third kappa shape index (κ3) is 4.90. The smallest absolute Gasteiger partial charge is 0.243 e. The van der Waals surface area contributed by atoms with Crippen molar-refractivity contribution < 1.29 is 13.2 Å². The van der Waals surface area contributed by atoms with Gasteiger partial charge in [0.2, 0.25) is 15.9 Å². The second-order valence-electron chi connectivity index (χ2n) is 7.75. The number of thioether (sulfide) groups is 1. The van der Waals surface area contributed by atoms with E-state index in [1.54, 1.807) is 23.9 Å². The molecule has 0 saturated carbocycles. The highest BCUT2D eigenvalue weighted by Gasteiger charge is 2.32. The normalized spacial score (nSPS) is 15.4. The molecule has 0 atom stereocenters. The van der Waals surface area contributed by atoms with Gasteiger partial charge in [-0.05, 0) is 55.0 Å². The van der Waals surface area contributed by atoms with Crippen LogP contribution < -0.4 is 5.32 Å². The molecule has 4 rings (SSSR count). The van der Waals surface area contributed by atoms with Gasteiger partial charge in [0.05, 0.1) is 4.90 Å². The predicted molar refractivity (Wildman–Crippen MR) is 130 cm³/mol. The van der Waals surface area contributed by atoms with Crippen LogP contribution in [0.2, 0.25) is 0 Å². The fraction of sp³-hybridized carbons (Fsp3) is 0.240. The summed E-state index contributed by atoms with van der Waals surface area (Å²) in [5, 5.41) is 3.07. The van der Waals surface area contributed by atoms with Crippen molar-refractivity contribution in [3.8, 4) is 11.1 Å². The SMILES string of the molecule is CSc1ccc(S(=O)(=O)N2CCC(C(=O)Nc3ccccc3-c3ccccc3)CC2)cc1. The van der Waals surface area contributed by atoms with Crippen LogP contribution >= 0.6 is 11.8 Å². The Balaban J connectivity index is 1.41. The molecule has 1 aliphatic rings. The molecule has 1 heterocycles. The molecule has 32 heavy (non-hydrogen) atoms. The van der Waals surface area contributed by atoms with Gasteiger partial charge in [-0.3, -0.25) is 4.79 Å². The summed E-state index contributed by atoms with van der Waals surface area (Å²) in [5.41, 5.74) is 2.78. The van der Waals surface area contributed by atoms with E-state index < -0.39 is 10.0 Å². The first-order valence-corrected chi connectivity index (χ1v) is 13.2. The van der Waals surface area contributed by atoms with E-state index in [-0.39, 0.29) is 11.8 Å². The molecule has 0 aromatic heterocycles. The molecule has 3 aromatic rings. The van der Waals surface area contributed by atoms with Gasteiger partial charge in [0.15, 0.2) is 0 Å². The zero-order chi connectivity index (χ0) is 22.6. The molecule has 1 amide bonds. The Morgan fingerprint density at radius 2 is 1.53 bits per heavy atom. The highest BCUT2D eigenvalue weighted by Crippen LogP contribution is 2.30. The summed E-state index contributed by atoms with van der Waals surface area (Å²) < 4.78 is 27.4. The van der Waals surface area contributed by atoms with E-state index in [9.17, 15) is 13.2 Å². The topological polar surface area (TPSA) is 66.5 Å². The second kappa shape index (κ2) is 9.90.